The third-order valence-corrected chi connectivity index (χ3v) is 4.86. The summed E-state index contributed by atoms with van der Waals surface area (Å²) in [7, 11) is -2.06. The van der Waals surface area contributed by atoms with Crippen molar-refractivity contribution >= 4 is 26.9 Å². The summed E-state index contributed by atoms with van der Waals surface area (Å²) in [6.45, 7) is 0.316. The van der Waals surface area contributed by atoms with E-state index in [4.69, 9.17) is 4.74 Å². The Labute approximate surface area is 122 Å². The van der Waals surface area contributed by atoms with Crippen LogP contribution in [0.2, 0.25) is 0 Å². The Hall–Kier alpha value is -1.86. The van der Waals surface area contributed by atoms with Gasteiger partial charge in [-0.05, 0) is 11.6 Å². The maximum Gasteiger partial charge on any atom is 0.323 e. The minimum atomic E-state index is -3.41. The lowest BCUT2D eigenvalue weighted by molar-refractivity contribution is -0.143. The monoisotopic (exact) mass is 308 g/mol. The van der Waals surface area contributed by atoms with Gasteiger partial charge in [-0.15, -0.1) is 0 Å². The Morgan fingerprint density at radius 3 is 2.76 bits per heavy atom. The number of esters is 1. The van der Waals surface area contributed by atoms with Crippen LogP contribution in [0.5, 0.6) is 0 Å². The van der Waals surface area contributed by atoms with E-state index in [9.17, 15) is 13.2 Å². The quantitative estimate of drug-likeness (QED) is 0.824. The lowest BCUT2D eigenvalue weighted by Gasteiger charge is -2.23. The van der Waals surface area contributed by atoms with Gasteiger partial charge in [-0.25, -0.2) is 12.4 Å². The Balaban J connectivity index is 2.23. The highest BCUT2D eigenvalue weighted by molar-refractivity contribution is 7.89. The number of fused-ring (bicyclic) bond motifs is 3. The summed E-state index contributed by atoms with van der Waals surface area (Å²) in [5.74, 6) is -0.336. The molecule has 2 aromatic rings. The lowest BCUT2D eigenvalue weighted by atomic mass is 9.99. The minimum Gasteiger partial charge on any atom is -0.468 e. The van der Waals surface area contributed by atoms with E-state index < -0.39 is 16.1 Å². The van der Waals surface area contributed by atoms with Gasteiger partial charge in [0.15, 0.2) is 0 Å². The molecular weight excluding hydrogens is 292 g/mol. The van der Waals surface area contributed by atoms with Crippen molar-refractivity contribution in [1.29, 1.82) is 0 Å². The number of benzene rings is 1. The van der Waals surface area contributed by atoms with Crippen LogP contribution in [0.15, 0.2) is 24.3 Å². The molecule has 2 heterocycles. The van der Waals surface area contributed by atoms with Crippen molar-refractivity contribution in [2.45, 2.75) is 19.0 Å². The first kappa shape index (κ1) is 14.1. The van der Waals surface area contributed by atoms with Crippen molar-refractivity contribution in [3.63, 3.8) is 0 Å². The number of carbonyl (C=O) groups is 1. The third-order valence-electron chi connectivity index (χ3n) is 3.78. The van der Waals surface area contributed by atoms with Crippen molar-refractivity contribution in [3.05, 3.63) is 35.5 Å². The largest absolute Gasteiger partial charge is 0.468 e. The number of rotatable bonds is 2. The smallest absolute Gasteiger partial charge is 0.323 e. The van der Waals surface area contributed by atoms with Crippen LogP contribution in [-0.4, -0.2) is 37.8 Å². The molecular formula is C14H16N2O4S. The predicted molar refractivity (Wildman–Crippen MR) is 78.5 cm³/mol. The second-order valence-electron chi connectivity index (χ2n) is 5.13. The summed E-state index contributed by atoms with van der Waals surface area (Å²) in [6, 6.07) is 6.89. The summed E-state index contributed by atoms with van der Waals surface area (Å²) in [4.78, 5) is 11.7. The number of nitrogens with zero attached hydrogens (tertiary/aromatic N) is 1. The summed E-state index contributed by atoms with van der Waals surface area (Å²) in [6.07, 6.45) is 1.61. The number of methoxy groups -OCH3 is 1. The van der Waals surface area contributed by atoms with Crippen LogP contribution in [0.4, 0.5) is 0 Å². The number of carbonyl (C=O) groups excluding carboxylic acids is 1. The first-order valence-corrected chi connectivity index (χ1v) is 8.41. The van der Waals surface area contributed by atoms with Crippen LogP contribution in [0.1, 0.15) is 11.3 Å². The van der Waals surface area contributed by atoms with Gasteiger partial charge in [0, 0.05) is 18.4 Å². The van der Waals surface area contributed by atoms with Gasteiger partial charge in [0.05, 0.1) is 24.6 Å². The number of para-hydroxylation sites is 1. The van der Waals surface area contributed by atoms with Gasteiger partial charge in [0.2, 0.25) is 10.0 Å². The SMILES string of the molecule is COC(=O)C1Cc2c(n(S(C)(=O)=O)c3ccccc23)CN1. The summed E-state index contributed by atoms with van der Waals surface area (Å²) < 4.78 is 30.3. The molecule has 6 nitrogen and oxygen atoms in total. The molecule has 3 rings (SSSR count). The maximum absolute atomic E-state index is 12.1. The van der Waals surface area contributed by atoms with Crippen LogP contribution in [0, 0.1) is 0 Å². The first-order valence-electron chi connectivity index (χ1n) is 6.56. The van der Waals surface area contributed by atoms with E-state index in [1.165, 1.54) is 17.3 Å². The molecule has 0 aliphatic carbocycles. The average molecular weight is 308 g/mol. The molecule has 0 saturated heterocycles. The Kier molecular flexibility index (Phi) is 3.26. The molecule has 112 valence electrons. The number of nitrogens with one attached hydrogen (secondary N) is 1. The minimum absolute atomic E-state index is 0.316. The third kappa shape index (κ3) is 2.22. The molecule has 1 unspecified atom stereocenters. The van der Waals surface area contributed by atoms with Gasteiger partial charge in [-0.2, -0.15) is 0 Å². The molecule has 1 aromatic heterocycles. The van der Waals surface area contributed by atoms with E-state index in [2.05, 4.69) is 5.32 Å². The lowest BCUT2D eigenvalue weighted by Crippen LogP contribution is -2.43. The zero-order chi connectivity index (χ0) is 15.2. The second-order valence-corrected chi connectivity index (χ2v) is 6.96. The van der Waals surface area contributed by atoms with Crippen molar-refractivity contribution in [3.8, 4) is 0 Å². The molecule has 0 radical (unpaired) electrons. The molecule has 1 N–H and O–H groups in total. The topological polar surface area (TPSA) is 77.4 Å². The maximum atomic E-state index is 12.1. The van der Waals surface area contributed by atoms with E-state index in [1.54, 1.807) is 12.1 Å². The van der Waals surface area contributed by atoms with Crippen LogP contribution in [-0.2, 0) is 32.5 Å². The summed E-state index contributed by atoms with van der Waals surface area (Å²) >= 11 is 0. The van der Waals surface area contributed by atoms with Gasteiger partial charge < -0.3 is 4.74 Å². The molecule has 0 amide bonds. The van der Waals surface area contributed by atoms with Crippen LogP contribution in [0.3, 0.4) is 0 Å². The highest BCUT2D eigenvalue weighted by atomic mass is 32.2. The van der Waals surface area contributed by atoms with Gasteiger partial charge in [0.25, 0.3) is 0 Å². The standard InChI is InChI=1S/C14H16N2O4S/c1-20-14(17)11-7-10-9-5-3-4-6-12(9)16(21(2,18)19)13(10)8-15-11/h3-6,11,15H,7-8H2,1-2H3. The average Bonchev–Trinajstić information content (AvgIpc) is 2.80. The van der Waals surface area contributed by atoms with Crippen LogP contribution in [0.25, 0.3) is 10.9 Å². The number of hydrogen-bond donors (Lipinski definition) is 1. The van der Waals surface area contributed by atoms with E-state index in [1.807, 2.05) is 12.1 Å². The molecule has 0 spiro atoms. The van der Waals surface area contributed by atoms with E-state index >= 15 is 0 Å². The number of aromatic nitrogens is 1. The predicted octanol–water partition coefficient (Wildman–Crippen LogP) is 0.636. The fourth-order valence-electron chi connectivity index (χ4n) is 2.92. The summed E-state index contributed by atoms with van der Waals surface area (Å²) in [5.41, 5.74) is 2.24. The zero-order valence-corrected chi connectivity index (χ0v) is 12.6. The van der Waals surface area contributed by atoms with Crippen molar-refractivity contribution in [2.24, 2.45) is 0 Å². The fourth-order valence-corrected chi connectivity index (χ4v) is 4.01. The molecule has 1 aliphatic rings. The molecule has 1 aromatic carbocycles. The Bertz CT molecular complexity index is 823. The first-order chi connectivity index (χ1) is 9.93. The van der Waals surface area contributed by atoms with Crippen molar-refractivity contribution < 1.29 is 17.9 Å². The van der Waals surface area contributed by atoms with E-state index in [-0.39, 0.29) is 5.97 Å². The van der Waals surface area contributed by atoms with Crippen LogP contribution < -0.4 is 5.32 Å². The van der Waals surface area contributed by atoms with Gasteiger partial charge in [-0.1, -0.05) is 18.2 Å². The highest BCUT2D eigenvalue weighted by Crippen LogP contribution is 2.31. The van der Waals surface area contributed by atoms with Crippen LogP contribution >= 0.6 is 0 Å². The van der Waals surface area contributed by atoms with Crippen molar-refractivity contribution in [1.82, 2.24) is 9.29 Å². The highest BCUT2D eigenvalue weighted by Gasteiger charge is 2.31. The van der Waals surface area contributed by atoms with Gasteiger partial charge >= 0.3 is 5.97 Å². The van der Waals surface area contributed by atoms with Gasteiger partial charge in [0.1, 0.15) is 6.04 Å². The zero-order valence-electron chi connectivity index (χ0n) is 11.8. The van der Waals surface area contributed by atoms with E-state index in [0.29, 0.717) is 24.2 Å². The number of ether oxygens (including phenoxy) is 1. The Morgan fingerprint density at radius 1 is 1.38 bits per heavy atom. The molecule has 0 saturated carbocycles. The van der Waals surface area contributed by atoms with Crippen molar-refractivity contribution in [2.75, 3.05) is 13.4 Å². The summed E-state index contributed by atoms with van der Waals surface area (Å²) in [5, 5.41) is 3.91. The molecule has 1 atom stereocenters. The fraction of sp³-hybridized carbons (Fsp3) is 0.357. The normalized spacial score (nSPS) is 18.5. The molecule has 21 heavy (non-hydrogen) atoms. The van der Waals surface area contributed by atoms with Gasteiger partial charge in [-0.3, -0.25) is 10.1 Å². The molecule has 0 bridgehead atoms. The Morgan fingerprint density at radius 2 is 2.10 bits per heavy atom. The second kappa shape index (κ2) is 4.85. The molecule has 1 aliphatic heterocycles. The number of hydrogen-bond acceptors (Lipinski definition) is 5. The molecule has 7 heteroatoms. The van der Waals surface area contributed by atoms with E-state index in [0.717, 1.165) is 10.9 Å². The molecule has 0 fully saturated rings.